The van der Waals surface area contributed by atoms with Crippen LogP contribution in [0.1, 0.15) is 30.0 Å². The number of methoxy groups -OCH3 is 1. The van der Waals surface area contributed by atoms with Crippen molar-refractivity contribution in [1.82, 2.24) is 9.78 Å². The monoisotopic (exact) mass is 260 g/mol. The number of aryl methyl sites for hydroxylation is 2. The molecule has 0 aliphatic carbocycles. The summed E-state index contributed by atoms with van der Waals surface area (Å²) in [5.41, 5.74) is 2.88. The van der Waals surface area contributed by atoms with Crippen LogP contribution in [0.5, 0.6) is 5.75 Å². The average Bonchev–Trinajstić information content (AvgIpc) is 2.79. The van der Waals surface area contributed by atoms with Crippen molar-refractivity contribution in [2.24, 2.45) is 7.05 Å². The maximum atomic E-state index is 10.4. The highest BCUT2D eigenvalue weighted by molar-refractivity contribution is 5.35. The zero-order valence-electron chi connectivity index (χ0n) is 11.6. The van der Waals surface area contributed by atoms with Crippen LogP contribution in [0.15, 0.2) is 30.3 Å². The van der Waals surface area contributed by atoms with Gasteiger partial charge in [-0.2, -0.15) is 5.10 Å². The summed E-state index contributed by atoms with van der Waals surface area (Å²) in [5.74, 6) is 0.716. The second-order valence-electron chi connectivity index (χ2n) is 4.57. The minimum atomic E-state index is -0.587. The van der Waals surface area contributed by atoms with Gasteiger partial charge in [0.2, 0.25) is 0 Å². The fourth-order valence-electron chi connectivity index (χ4n) is 2.19. The molecule has 1 unspecified atom stereocenters. The van der Waals surface area contributed by atoms with Crippen LogP contribution < -0.4 is 4.74 Å². The van der Waals surface area contributed by atoms with E-state index >= 15 is 0 Å². The summed E-state index contributed by atoms with van der Waals surface area (Å²) in [5, 5.41) is 14.8. The molecule has 2 aromatic rings. The average molecular weight is 260 g/mol. The molecule has 0 aliphatic rings. The molecule has 2 rings (SSSR count). The van der Waals surface area contributed by atoms with Crippen LogP contribution in [0.3, 0.4) is 0 Å². The van der Waals surface area contributed by atoms with E-state index in [2.05, 4.69) is 12.0 Å². The fourth-order valence-corrected chi connectivity index (χ4v) is 2.19. The number of ether oxygens (including phenoxy) is 1. The van der Waals surface area contributed by atoms with Crippen molar-refractivity contribution in [1.29, 1.82) is 0 Å². The molecule has 1 aromatic carbocycles. The molecular formula is C15H20N2O2. The molecule has 4 nitrogen and oxygen atoms in total. The van der Waals surface area contributed by atoms with Gasteiger partial charge in [-0.15, -0.1) is 0 Å². The lowest BCUT2D eigenvalue weighted by atomic mass is 10.0. The molecule has 0 aliphatic heterocycles. The van der Waals surface area contributed by atoms with E-state index in [1.807, 2.05) is 42.1 Å². The van der Waals surface area contributed by atoms with Gasteiger partial charge < -0.3 is 9.84 Å². The Balaban J connectivity index is 2.20. The summed E-state index contributed by atoms with van der Waals surface area (Å²) in [6.45, 7) is 2.07. The maximum absolute atomic E-state index is 10.4. The largest absolute Gasteiger partial charge is 0.496 e. The highest BCUT2D eigenvalue weighted by Gasteiger charge is 2.15. The number of hydrogen-bond acceptors (Lipinski definition) is 3. The number of benzene rings is 1. The Kier molecular flexibility index (Phi) is 4.22. The van der Waals surface area contributed by atoms with Crippen molar-refractivity contribution in [3.8, 4) is 5.75 Å². The predicted molar refractivity (Wildman–Crippen MR) is 74.2 cm³/mol. The molecule has 0 bridgehead atoms. The van der Waals surface area contributed by atoms with Crippen molar-refractivity contribution in [3.63, 3.8) is 0 Å². The van der Waals surface area contributed by atoms with Gasteiger partial charge in [-0.3, -0.25) is 4.68 Å². The van der Waals surface area contributed by atoms with E-state index in [9.17, 15) is 5.11 Å². The van der Waals surface area contributed by atoms with Gasteiger partial charge in [-0.1, -0.05) is 25.1 Å². The van der Waals surface area contributed by atoms with Crippen molar-refractivity contribution in [3.05, 3.63) is 47.3 Å². The smallest absolute Gasteiger partial charge is 0.124 e. The van der Waals surface area contributed by atoms with Crippen LogP contribution in [-0.2, 0) is 19.9 Å². The minimum absolute atomic E-state index is 0.532. The first-order valence-corrected chi connectivity index (χ1v) is 6.48. The summed E-state index contributed by atoms with van der Waals surface area (Å²) in [4.78, 5) is 0. The Bertz CT molecular complexity index is 549. The molecule has 0 amide bonds. The fraction of sp³-hybridized carbons (Fsp3) is 0.400. The van der Waals surface area contributed by atoms with E-state index < -0.39 is 6.10 Å². The van der Waals surface area contributed by atoms with Gasteiger partial charge in [0, 0.05) is 24.7 Å². The van der Waals surface area contributed by atoms with Crippen molar-refractivity contribution >= 4 is 0 Å². The Hall–Kier alpha value is -1.81. The second-order valence-corrected chi connectivity index (χ2v) is 4.57. The van der Waals surface area contributed by atoms with Crippen LogP contribution in [0.4, 0.5) is 0 Å². The Morgan fingerprint density at radius 1 is 1.37 bits per heavy atom. The van der Waals surface area contributed by atoms with E-state index in [1.54, 1.807) is 7.11 Å². The molecule has 19 heavy (non-hydrogen) atoms. The summed E-state index contributed by atoms with van der Waals surface area (Å²) in [7, 11) is 3.52. The maximum Gasteiger partial charge on any atom is 0.124 e. The van der Waals surface area contributed by atoms with E-state index in [0.717, 1.165) is 23.4 Å². The lowest BCUT2D eigenvalue weighted by Crippen LogP contribution is -2.07. The van der Waals surface area contributed by atoms with E-state index in [1.165, 1.54) is 0 Å². The van der Waals surface area contributed by atoms with Crippen molar-refractivity contribution in [2.75, 3.05) is 7.11 Å². The number of nitrogens with zero attached hydrogens (tertiary/aromatic N) is 2. The van der Waals surface area contributed by atoms with Crippen LogP contribution in [0.25, 0.3) is 0 Å². The van der Waals surface area contributed by atoms with Gasteiger partial charge in [0.05, 0.1) is 18.9 Å². The van der Waals surface area contributed by atoms with Crippen molar-refractivity contribution < 1.29 is 9.84 Å². The molecule has 0 saturated heterocycles. The van der Waals surface area contributed by atoms with Crippen LogP contribution in [-0.4, -0.2) is 22.0 Å². The van der Waals surface area contributed by atoms with Crippen LogP contribution in [0.2, 0.25) is 0 Å². The number of hydrogen-bond donors (Lipinski definition) is 1. The lowest BCUT2D eigenvalue weighted by molar-refractivity contribution is 0.171. The van der Waals surface area contributed by atoms with Gasteiger partial charge in [0.15, 0.2) is 0 Å². The van der Waals surface area contributed by atoms with Gasteiger partial charge in [-0.05, 0) is 18.6 Å². The van der Waals surface area contributed by atoms with Gasteiger partial charge in [0.25, 0.3) is 0 Å². The predicted octanol–water partition coefficient (Wildman–Crippen LogP) is 2.27. The molecular weight excluding hydrogens is 240 g/mol. The number of rotatable bonds is 5. The van der Waals surface area contributed by atoms with Gasteiger partial charge in [0.1, 0.15) is 5.75 Å². The van der Waals surface area contributed by atoms with Crippen molar-refractivity contribution in [2.45, 2.75) is 25.9 Å². The topological polar surface area (TPSA) is 47.3 Å². The zero-order chi connectivity index (χ0) is 13.8. The Labute approximate surface area is 113 Å². The van der Waals surface area contributed by atoms with Crippen LogP contribution in [0, 0.1) is 0 Å². The number of aliphatic hydroxyl groups is 1. The van der Waals surface area contributed by atoms with E-state index in [0.29, 0.717) is 12.2 Å². The first-order valence-electron chi connectivity index (χ1n) is 6.48. The second kappa shape index (κ2) is 5.89. The molecule has 1 aromatic heterocycles. The minimum Gasteiger partial charge on any atom is -0.496 e. The SMILES string of the molecule is CCc1cc(CC(O)c2ccccc2OC)n(C)n1. The summed E-state index contributed by atoms with van der Waals surface area (Å²) >= 11 is 0. The van der Waals surface area contributed by atoms with Gasteiger partial charge in [-0.25, -0.2) is 0 Å². The molecule has 102 valence electrons. The first kappa shape index (κ1) is 13.6. The molecule has 0 radical (unpaired) electrons. The highest BCUT2D eigenvalue weighted by Crippen LogP contribution is 2.27. The normalized spacial score (nSPS) is 12.4. The number of aromatic nitrogens is 2. The van der Waals surface area contributed by atoms with Crippen LogP contribution >= 0.6 is 0 Å². The van der Waals surface area contributed by atoms with E-state index in [-0.39, 0.29) is 0 Å². The molecule has 0 spiro atoms. The zero-order valence-corrected chi connectivity index (χ0v) is 11.6. The Morgan fingerprint density at radius 3 is 2.74 bits per heavy atom. The third-order valence-electron chi connectivity index (χ3n) is 3.29. The molecule has 0 saturated carbocycles. The third-order valence-corrected chi connectivity index (χ3v) is 3.29. The standard InChI is InChI=1S/C15H20N2O2/c1-4-11-9-12(17(2)16-11)10-14(18)13-7-5-6-8-15(13)19-3/h5-9,14,18H,4,10H2,1-3H3. The number of para-hydroxylation sites is 1. The summed E-state index contributed by atoms with van der Waals surface area (Å²) < 4.78 is 7.11. The Morgan fingerprint density at radius 2 is 2.11 bits per heavy atom. The summed E-state index contributed by atoms with van der Waals surface area (Å²) in [6, 6.07) is 9.59. The third kappa shape index (κ3) is 2.96. The molecule has 0 fully saturated rings. The van der Waals surface area contributed by atoms with Gasteiger partial charge >= 0.3 is 0 Å². The number of aliphatic hydroxyl groups excluding tert-OH is 1. The summed E-state index contributed by atoms with van der Waals surface area (Å²) in [6.07, 6.45) is 0.846. The molecule has 1 N–H and O–H groups in total. The van der Waals surface area contributed by atoms with E-state index in [4.69, 9.17) is 4.74 Å². The first-order chi connectivity index (χ1) is 9.15. The highest BCUT2D eigenvalue weighted by atomic mass is 16.5. The molecule has 1 atom stereocenters. The molecule has 1 heterocycles. The molecule has 4 heteroatoms. The quantitative estimate of drug-likeness (QED) is 0.897. The lowest BCUT2D eigenvalue weighted by Gasteiger charge is -2.14.